The fourth-order valence-electron chi connectivity index (χ4n) is 7.39. The number of piperidine rings is 1. The molecule has 3 aliphatic heterocycles. The third-order valence-electron chi connectivity index (χ3n) is 9.91. The molecule has 0 aliphatic carbocycles. The summed E-state index contributed by atoms with van der Waals surface area (Å²) in [6.07, 6.45) is 8.25. The van der Waals surface area contributed by atoms with E-state index in [2.05, 4.69) is 62.7 Å². The minimum absolute atomic E-state index is 0.0539. The minimum Gasteiger partial charge on any atom is -0.357 e. The van der Waals surface area contributed by atoms with E-state index in [1.165, 1.54) is 25.1 Å². The smallest absolute Gasteiger partial charge is 0.321 e. The van der Waals surface area contributed by atoms with Crippen molar-refractivity contribution >= 4 is 45.2 Å². The third-order valence-corrected chi connectivity index (χ3v) is 9.91. The number of likely N-dealkylation sites (tertiary alicyclic amines) is 1. The number of rotatable bonds is 6. The first-order valence-electron chi connectivity index (χ1n) is 16.2. The second-order valence-electron chi connectivity index (χ2n) is 12.7. The zero-order valence-corrected chi connectivity index (χ0v) is 25.6. The standard InChI is InChI=1S/C35H39N9O/c1-24(26-9-5-17-41(20-26)35(45)39-30-12-4-8-25-7-2-3-11-29(25)30)38-34-36-16-15-33(40-34)44-22-37-31-19-27(13-14-32(31)44)43-21-28-10-6-18-42(28)23-43/h2-4,7-8,11-16,19,22,24,26,28H,5-6,9-10,17-18,20-21,23H2,1H3,(H,39,45)(H,36,38,40). The monoisotopic (exact) mass is 601 g/mol. The van der Waals surface area contributed by atoms with Crippen LogP contribution in [0, 0.1) is 5.92 Å². The molecule has 0 spiro atoms. The number of imidazole rings is 1. The lowest BCUT2D eigenvalue weighted by atomic mass is 9.92. The number of hydrogen-bond acceptors (Lipinski definition) is 7. The van der Waals surface area contributed by atoms with Gasteiger partial charge >= 0.3 is 6.03 Å². The van der Waals surface area contributed by atoms with Crippen molar-refractivity contribution in [1.82, 2.24) is 29.3 Å². The molecule has 3 fully saturated rings. The van der Waals surface area contributed by atoms with Gasteiger partial charge in [-0.3, -0.25) is 9.47 Å². The van der Waals surface area contributed by atoms with Crippen LogP contribution in [0.1, 0.15) is 32.6 Å². The van der Waals surface area contributed by atoms with E-state index in [-0.39, 0.29) is 18.0 Å². The average molecular weight is 602 g/mol. The largest absolute Gasteiger partial charge is 0.357 e. The van der Waals surface area contributed by atoms with Crippen molar-refractivity contribution in [3.8, 4) is 5.82 Å². The fraction of sp³-hybridized carbons (Fsp3) is 0.371. The SMILES string of the molecule is CC(Nc1nccc(-n2cnc3cc(N4CC5CCCN5C4)ccc32)n1)C1CCCN(C(=O)Nc2cccc3ccccc23)C1. The lowest BCUT2D eigenvalue weighted by Crippen LogP contribution is -2.46. The Labute approximate surface area is 263 Å². The zero-order valence-electron chi connectivity index (χ0n) is 25.6. The lowest BCUT2D eigenvalue weighted by molar-refractivity contribution is 0.172. The summed E-state index contributed by atoms with van der Waals surface area (Å²) in [5.41, 5.74) is 4.06. The van der Waals surface area contributed by atoms with Gasteiger partial charge in [0.25, 0.3) is 0 Å². The van der Waals surface area contributed by atoms with Crippen molar-refractivity contribution in [1.29, 1.82) is 0 Å². The highest BCUT2D eigenvalue weighted by Gasteiger charge is 2.34. The Hall–Kier alpha value is -4.70. The molecule has 2 aromatic heterocycles. The van der Waals surface area contributed by atoms with Crippen LogP contribution in [0.5, 0.6) is 0 Å². The number of amides is 2. The van der Waals surface area contributed by atoms with E-state index < -0.39 is 0 Å². The predicted octanol–water partition coefficient (Wildman–Crippen LogP) is 5.96. The van der Waals surface area contributed by atoms with Crippen LogP contribution in [-0.2, 0) is 0 Å². The highest BCUT2D eigenvalue weighted by Crippen LogP contribution is 2.31. The first-order chi connectivity index (χ1) is 22.1. The van der Waals surface area contributed by atoms with Gasteiger partial charge in [-0.1, -0.05) is 36.4 Å². The number of benzene rings is 3. The molecule has 0 saturated carbocycles. The number of carbonyl (C=O) groups is 1. The van der Waals surface area contributed by atoms with E-state index in [1.807, 2.05) is 52.2 Å². The molecule has 3 aliphatic rings. The van der Waals surface area contributed by atoms with Crippen LogP contribution in [0.2, 0.25) is 0 Å². The fourth-order valence-corrected chi connectivity index (χ4v) is 7.39. The quantitative estimate of drug-likeness (QED) is 0.248. The Morgan fingerprint density at radius 3 is 2.78 bits per heavy atom. The maximum Gasteiger partial charge on any atom is 0.321 e. The molecule has 10 nitrogen and oxygen atoms in total. The molecule has 10 heteroatoms. The van der Waals surface area contributed by atoms with Crippen LogP contribution >= 0.6 is 0 Å². The van der Waals surface area contributed by atoms with Gasteiger partial charge in [0.2, 0.25) is 5.95 Å². The molecular weight excluding hydrogens is 562 g/mol. The van der Waals surface area contributed by atoms with Crippen LogP contribution in [-0.4, -0.2) is 80.3 Å². The van der Waals surface area contributed by atoms with Gasteiger partial charge in [0, 0.05) is 55.5 Å². The van der Waals surface area contributed by atoms with Crippen molar-refractivity contribution < 1.29 is 4.79 Å². The maximum absolute atomic E-state index is 13.3. The summed E-state index contributed by atoms with van der Waals surface area (Å²) in [4.78, 5) is 34.4. The van der Waals surface area contributed by atoms with E-state index in [0.717, 1.165) is 65.9 Å². The van der Waals surface area contributed by atoms with E-state index in [1.54, 1.807) is 6.20 Å². The van der Waals surface area contributed by atoms with Gasteiger partial charge in [0.1, 0.15) is 12.1 Å². The second-order valence-corrected chi connectivity index (χ2v) is 12.7. The summed E-state index contributed by atoms with van der Waals surface area (Å²) in [5, 5.41) is 8.86. The number of anilines is 3. The van der Waals surface area contributed by atoms with Crippen LogP contribution in [0.3, 0.4) is 0 Å². The summed E-state index contributed by atoms with van der Waals surface area (Å²) < 4.78 is 2.03. The Bertz CT molecular complexity index is 1840. The summed E-state index contributed by atoms with van der Waals surface area (Å²) in [6.45, 7) is 6.89. The van der Waals surface area contributed by atoms with Gasteiger partial charge < -0.3 is 20.4 Å². The first-order valence-corrected chi connectivity index (χ1v) is 16.2. The molecule has 5 aromatic rings. The number of urea groups is 1. The normalized spacial score (nSPS) is 20.9. The van der Waals surface area contributed by atoms with Crippen molar-refractivity contribution in [3.05, 3.63) is 79.3 Å². The summed E-state index contributed by atoms with van der Waals surface area (Å²) >= 11 is 0. The van der Waals surface area contributed by atoms with E-state index in [0.29, 0.717) is 18.5 Å². The molecule has 5 heterocycles. The molecule has 3 atom stereocenters. The van der Waals surface area contributed by atoms with Gasteiger partial charge in [0.15, 0.2) is 0 Å². The van der Waals surface area contributed by atoms with E-state index in [9.17, 15) is 4.79 Å². The Balaban J connectivity index is 0.932. The highest BCUT2D eigenvalue weighted by atomic mass is 16.2. The van der Waals surface area contributed by atoms with Crippen LogP contribution in [0.4, 0.5) is 22.1 Å². The van der Waals surface area contributed by atoms with Gasteiger partial charge in [-0.2, -0.15) is 4.98 Å². The van der Waals surface area contributed by atoms with Crippen molar-refractivity contribution in [3.63, 3.8) is 0 Å². The summed E-state index contributed by atoms with van der Waals surface area (Å²) in [7, 11) is 0. The summed E-state index contributed by atoms with van der Waals surface area (Å²) in [5.74, 6) is 1.63. The van der Waals surface area contributed by atoms with Crippen LogP contribution in [0.15, 0.2) is 79.3 Å². The molecule has 230 valence electrons. The Morgan fingerprint density at radius 1 is 0.956 bits per heavy atom. The number of nitrogens with zero attached hydrogens (tertiary/aromatic N) is 7. The van der Waals surface area contributed by atoms with Crippen molar-refractivity contribution in [2.45, 2.75) is 44.7 Å². The van der Waals surface area contributed by atoms with E-state index >= 15 is 0 Å². The van der Waals surface area contributed by atoms with Crippen LogP contribution in [0.25, 0.3) is 27.6 Å². The minimum atomic E-state index is -0.0539. The topological polar surface area (TPSA) is 94.5 Å². The van der Waals surface area contributed by atoms with Crippen LogP contribution < -0.4 is 15.5 Å². The van der Waals surface area contributed by atoms with Crippen molar-refractivity contribution in [2.75, 3.05) is 48.4 Å². The number of carbonyl (C=O) groups excluding carboxylic acids is 1. The molecule has 3 aromatic carbocycles. The van der Waals surface area contributed by atoms with Gasteiger partial charge in [-0.25, -0.2) is 14.8 Å². The molecule has 0 radical (unpaired) electrons. The number of hydrogen-bond donors (Lipinski definition) is 2. The Kier molecular flexibility index (Phi) is 7.21. The van der Waals surface area contributed by atoms with Gasteiger partial charge in [-0.15, -0.1) is 0 Å². The predicted molar refractivity (Wildman–Crippen MR) is 179 cm³/mol. The van der Waals surface area contributed by atoms with Gasteiger partial charge in [-0.05, 0) is 74.2 Å². The maximum atomic E-state index is 13.3. The highest BCUT2D eigenvalue weighted by molar-refractivity contribution is 6.01. The van der Waals surface area contributed by atoms with Crippen molar-refractivity contribution in [2.24, 2.45) is 5.92 Å². The molecule has 2 N–H and O–H groups in total. The molecule has 0 bridgehead atoms. The molecule has 2 amide bonds. The average Bonchev–Trinajstić information content (AvgIpc) is 3.81. The zero-order chi connectivity index (χ0) is 30.3. The number of nitrogens with one attached hydrogen (secondary N) is 2. The third kappa shape index (κ3) is 5.44. The molecule has 3 saturated heterocycles. The van der Waals surface area contributed by atoms with Gasteiger partial charge in [0.05, 0.1) is 23.4 Å². The molecule has 45 heavy (non-hydrogen) atoms. The summed E-state index contributed by atoms with van der Waals surface area (Å²) in [6, 6.07) is 23.3. The Morgan fingerprint density at radius 2 is 1.84 bits per heavy atom. The second kappa shape index (κ2) is 11.7. The number of aromatic nitrogens is 4. The molecule has 3 unspecified atom stereocenters. The van der Waals surface area contributed by atoms with E-state index in [4.69, 9.17) is 9.97 Å². The lowest BCUT2D eigenvalue weighted by Gasteiger charge is -2.36. The molecule has 8 rings (SSSR count). The first kappa shape index (κ1) is 27.8. The number of fused-ring (bicyclic) bond motifs is 3. The molecular formula is C35H39N9O.